The molecule has 0 saturated carbocycles. The Hall–Kier alpha value is -2.35. The minimum Gasteiger partial charge on any atom is -0.236 e. The highest BCUT2D eigenvalue weighted by molar-refractivity contribution is 7.89. The molecule has 0 saturated heterocycles. The second-order valence-corrected chi connectivity index (χ2v) is 8.94. The molecule has 0 spiro atoms. The van der Waals surface area contributed by atoms with Crippen LogP contribution in [-0.2, 0) is 23.0 Å². The quantitative estimate of drug-likeness (QED) is 0.646. The number of halogens is 2. The Bertz CT molecular complexity index is 1150. The van der Waals surface area contributed by atoms with Crippen LogP contribution in [0.2, 0.25) is 5.02 Å². The Morgan fingerprint density at radius 2 is 1.89 bits per heavy atom. The zero-order valence-electron chi connectivity index (χ0n) is 15.1. The van der Waals surface area contributed by atoms with E-state index in [1.807, 2.05) is 0 Å². The lowest BCUT2D eigenvalue weighted by molar-refractivity contribution is 0.386. The molecule has 0 radical (unpaired) electrons. The summed E-state index contributed by atoms with van der Waals surface area (Å²) in [5, 5.41) is 0.422. The van der Waals surface area contributed by atoms with Gasteiger partial charge in [-0.05, 0) is 48.9 Å². The van der Waals surface area contributed by atoms with Gasteiger partial charge in [-0.1, -0.05) is 17.7 Å². The van der Waals surface area contributed by atoms with Crippen molar-refractivity contribution in [3.05, 3.63) is 76.3 Å². The van der Waals surface area contributed by atoms with Crippen LogP contribution in [0, 0.1) is 12.7 Å². The van der Waals surface area contributed by atoms with Gasteiger partial charge in [-0.2, -0.15) is 4.31 Å². The molecule has 4 rings (SSSR count). The van der Waals surface area contributed by atoms with Gasteiger partial charge in [0.05, 0.1) is 10.6 Å². The predicted octanol–water partition coefficient (Wildman–Crippen LogP) is 3.99. The van der Waals surface area contributed by atoms with Crippen molar-refractivity contribution in [2.45, 2.75) is 24.8 Å². The van der Waals surface area contributed by atoms with Gasteiger partial charge in [-0.15, -0.1) is 0 Å². The molecule has 2 heterocycles. The Morgan fingerprint density at radius 3 is 2.64 bits per heavy atom. The summed E-state index contributed by atoms with van der Waals surface area (Å²) < 4.78 is 40.7. The van der Waals surface area contributed by atoms with Gasteiger partial charge in [0.2, 0.25) is 10.0 Å². The minimum atomic E-state index is -3.67. The van der Waals surface area contributed by atoms with Crippen LogP contribution in [-0.4, -0.2) is 29.2 Å². The Kier molecular flexibility index (Phi) is 4.91. The molecular weight excluding hydrogens is 401 g/mol. The summed E-state index contributed by atoms with van der Waals surface area (Å²) in [5.41, 5.74) is 2.83. The van der Waals surface area contributed by atoms with E-state index in [0.29, 0.717) is 34.9 Å². The van der Waals surface area contributed by atoms with Gasteiger partial charge >= 0.3 is 0 Å². The average molecular weight is 418 g/mol. The third-order valence-electron chi connectivity index (χ3n) is 4.84. The highest BCUT2D eigenvalue weighted by Crippen LogP contribution is 2.29. The molecule has 0 bridgehead atoms. The van der Waals surface area contributed by atoms with Crippen LogP contribution < -0.4 is 0 Å². The molecule has 2 aromatic carbocycles. The number of sulfonamides is 1. The molecule has 144 valence electrons. The van der Waals surface area contributed by atoms with Crippen molar-refractivity contribution in [1.29, 1.82) is 0 Å². The number of hydrogen-bond donors (Lipinski definition) is 0. The zero-order valence-corrected chi connectivity index (χ0v) is 16.6. The zero-order chi connectivity index (χ0) is 19.9. The summed E-state index contributed by atoms with van der Waals surface area (Å²) in [6.45, 7) is 2.22. The lowest BCUT2D eigenvalue weighted by atomic mass is 10.1. The van der Waals surface area contributed by atoms with Crippen molar-refractivity contribution < 1.29 is 12.8 Å². The van der Waals surface area contributed by atoms with Crippen LogP contribution in [0.3, 0.4) is 0 Å². The van der Waals surface area contributed by atoms with E-state index in [1.165, 1.54) is 16.4 Å². The lowest BCUT2D eigenvalue weighted by Gasteiger charge is -2.28. The van der Waals surface area contributed by atoms with E-state index in [2.05, 4.69) is 9.97 Å². The van der Waals surface area contributed by atoms with Gasteiger partial charge in [0.15, 0.2) is 5.82 Å². The van der Waals surface area contributed by atoms with E-state index in [0.717, 1.165) is 11.3 Å². The molecule has 0 amide bonds. The fourth-order valence-corrected chi connectivity index (χ4v) is 5.14. The highest BCUT2D eigenvalue weighted by Gasteiger charge is 2.30. The first-order chi connectivity index (χ1) is 13.4. The van der Waals surface area contributed by atoms with Gasteiger partial charge in [0.1, 0.15) is 5.82 Å². The summed E-state index contributed by atoms with van der Waals surface area (Å²) in [6.07, 6.45) is 2.12. The van der Waals surface area contributed by atoms with E-state index in [-0.39, 0.29) is 17.3 Å². The Labute approximate surface area is 167 Å². The number of fused-ring (bicyclic) bond motifs is 1. The first-order valence-corrected chi connectivity index (χ1v) is 10.5. The van der Waals surface area contributed by atoms with Crippen LogP contribution in [0.4, 0.5) is 4.39 Å². The van der Waals surface area contributed by atoms with Crippen LogP contribution in [0.25, 0.3) is 11.4 Å². The second kappa shape index (κ2) is 7.24. The number of benzene rings is 2. The molecule has 0 aliphatic carbocycles. The highest BCUT2D eigenvalue weighted by atomic mass is 35.5. The van der Waals surface area contributed by atoms with Crippen LogP contribution in [0.15, 0.2) is 53.6 Å². The van der Waals surface area contributed by atoms with Crippen LogP contribution in [0.5, 0.6) is 0 Å². The molecule has 1 aliphatic heterocycles. The van der Waals surface area contributed by atoms with E-state index in [4.69, 9.17) is 11.6 Å². The molecule has 1 aliphatic rings. The number of rotatable bonds is 3. The normalized spacial score (nSPS) is 14.7. The second-order valence-electron chi connectivity index (χ2n) is 6.62. The summed E-state index contributed by atoms with van der Waals surface area (Å²) in [5.74, 6) is 0.180. The first-order valence-electron chi connectivity index (χ1n) is 8.72. The van der Waals surface area contributed by atoms with Crippen molar-refractivity contribution in [3.63, 3.8) is 0 Å². The Balaban J connectivity index is 1.63. The van der Waals surface area contributed by atoms with Crippen molar-refractivity contribution in [2.24, 2.45) is 0 Å². The van der Waals surface area contributed by atoms with Crippen LogP contribution in [0.1, 0.15) is 16.8 Å². The number of aromatic nitrogens is 2. The average Bonchev–Trinajstić information content (AvgIpc) is 2.69. The first kappa shape index (κ1) is 19.0. The molecule has 0 atom stereocenters. The topological polar surface area (TPSA) is 63.2 Å². The van der Waals surface area contributed by atoms with E-state index in [1.54, 1.807) is 43.5 Å². The fourth-order valence-electron chi connectivity index (χ4n) is 3.24. The monoisotopic (exact) mass is 417 g/mol. The predicted molar refractivity (Wildman–Crippen MR) is 105 cm³/mol. The molecule has 5 nitrogen and oxygen atoms in total. The van der Waals surface area contributed by atoms with E-state index in [9.17, 15) is 12.8 Å². The van der Waals surface area contributed by atoms with Gasteiger partial charge in [0.25, 0.3) is 0 Å². The Morgan fingerprint density at radius 1 is 1.14 bits per heavy atom. The molecule has 1 aromatic heterocycles. The molecular formula is C20H17ClFN3O2S. The fraction of sp³-hybridized carbons (Fsp3) is 0.200. The SMILES string of the molecule is Cc1c(Cl)cccc1S(=O)(=O)N1CCc2nc(-c3ccc(F)cc3)ncc2C1. The van der Waals surface area contributed by atoms with Gasteiger partial charge in [0, 0.05) is 41.9 Å². The lowest BCUT2D eigenvalue weighted by Crippen LogP contribution is -2.36. The molecule has 3 aromatic rings. The maximum atomic E-state index is 13.1. The standard InChI is InChI=1S/C20H17ClFN3O2S/c1-13-17(21)3-2-4-19(13)28(26,27)25-10-9-18-15(12-25)11-23-20(24-18)14-5-7-16(22)8-6-14/h2-8,11H,9-10,12H2,1H3. The van der Waals surface area contributed by atoms with Crippen molar-refractivity contribution in [3.8, 4) is 11.4 Å². The molecule has 0 fully saturated rings. The maximum Gasteiger partial charge on any atom is 0.243 e. The smallest absolute Gasteiger partial charge is 0.236 e. The molecule has 28 heavy (non-hydrogen) atoms. The summed E-state index contributed by atoms with van der Waals surface area (Å²) >= 11 is 6.10. The minimum absolute atomic E-state index is 0.202. The van der Waals surface area contributed by atoms with E-state index >= 15 is 0 Å². The molecule has 0 N–H and O–H groups in total. The third-order valence-corrected chi connectivity index (χ3v) is 7.24. The molecule has 8 heteroatoms. The third kappa shape index (κ3) is 3.41. The molecule has 0 unspecified atom stereocenters. The number of hydrogen-bond acceptors (Lipinski definition) is 4. The van der Waals surface area contributed by atoms with Crippen molar-refractivity contribution >= 4 is 21.6 Å². The van der Waals surface area contributed by atoms with Crippen molar-refractivity contribution in [1.82, 2.24) is 14.3 Å². The van der Waals surface area contributed by atoms with Gasteiger partial charge in [-0.25, -0.2) is 22.8 Å². The van der Waals surface area contributed by atoms with Gasteiger partial charge < -0.3 is 0 Å². The summed E-state index contributed by atoms with van der Waals surface area (Å²) in [6, 6.07) is 10.8. The maximum absolute atomic E-state index is 13.1. The summed E-state index contributed by atoms with van der Waals surface area (Å²) in [4.78, 5) is 9.11. The van der Waals surface area contributed by atoms with Gasteiger partial charge in [-0.3, -0.25) is 0 Å². The summed E-state index contributed by atoms with van der Waals surface area (Å²) in [7, 11) is -3.67. The van der Waals surface area contributed by atoms with Crippen LogP contribution >= 0.6 is 11.6 Å². The number of nitrogens with zero attached hydrogens (tertiary/aromatic N) is 3. The largest absolute Gasteiger partial charge is 0.243 e. The van der Waals surface area contributed by atoms with Crippen molar-refractivity contribution in [2.75, 3.05) is 6.54 Å². The van der Waals surface area contributed by atoms with E-state index < -0.39 is 10.0 Å².